The van der Waals surface area contributed by atoms with Crippen molar-refractivity contribution in [2.75, 3.05) is 14.1 Å². The van der Waals surface area contributed by atoms with Gasteiger partial charge in [-0.3, -0.25) is 4.99 Å². The second kappa shape index (κ2) is 9.84. The molecule has 0 bridgehead atoms. The van der Waals surface area contributed by atoms with Crippen LogP contribution in [0.5, 0.6) is 0 Å². The number of benzene rings is 1. The molecule has 0 spiro atoms. The average Bonchev–Trinajstić information content (AvgIpc) is 3.23. The second-order valence-electron chi connectivity index (χ2n) is 6.13. The minimum atomic E-state index is 0. The minimum absolute atomic E-state index is 0. The van der Waals surface area contributed by atoms with Crippen molar-refractivity contribution < 1.29 is 0 Å². The third-order valence-corrected chi connectivity index (χ3v) is 5.19. The highest BCUT2D eigenvalue weighted by molar-refractivity contribution is 14.0. The molecule has 0 unspecified atom stereocenters. The third kappa shape index (κ3) is 5.52. The van der Waals surface area contributed by atoms with Crippen LogP contribution in [0.15, 0.2) is 47.7 Å². The number of thiazole rings is 1. The fourth-order valence-electron chi connectivity index (χ4n) is 2.67. The van der Waals surface area contributed by atoms with Crippen LogP contribution in [0.25, 0.3) is 5.69 Å². The van der Waals surface area contributed by atoms with Gasteiger partial charge in [0.05, 0.1) is 24.1 Å². The summed E-state index contributed by atoms with van der Waals surface area (Å²) in [6.07, 6.45) is 3.94. The summed E-state index contributed by atoms with van der Waals surface area (Å²) in [6, 6.07) is 10.1. The van der Waals surface area contributed by atoms with Gasteiger partial charge in [-0.05, 0) is 26.0 Å². The topological polar surface area (TPSA) is 58.3 Å². The van der Waals surface area contributed by atoms with E-state index in [2.05, 4.69) is 32.2 Å². The van der Waals surface area contributed by atoms with Crippen LogP contribution in [0.2, 0.25) is 0 Å². The Morgan fingerprint density at radius 3 is 2.63 bits per heavy atom. The number of aromatic nitrogens is 3. The van der Waals surface area contributed by atoms with E-state index < -0.39 is 0 Å². The van der Waals surface area contributed by atoms with Crippen molar-refractivity contribution in [3.63, 3.8) is 0 Å². The Kier molecular flexibility index (Phi) is 7.78. The van der Waals surface area contributed by atoms with Gasteiger partial charge in [0.25, 0.3) is 0 Å². The van der Waals surface area contributed by atoms with Gasteiger partial charge in [0.2, 0.25) is 0 Å². The van der Waals surface area contributed by atoms with E-state index in [9.17, 15) is 0 Å². The summed E-state index contributed by atoms with van der Waals surface area (Å²) in [5.74, 6) is 0.836. The lowest BCUT2D eigenvalue weighted by molar-refractivity contribution is 0.476. The summed E-state index contributed by atoms with van der Waals surface area (Å²) >= 11 is 1.72. The molecule has 3 aromatic rings. The molecule has 2 aromatic heterocycles. The van der Waals surface area contributed by atoms with Crippen LogP contribution in [0.1, 0.15) is 21.1 Å². The highest BCUT2D eigenvalue weighted by Crippen LogP contribution is 2.16. The van der Waals surface area contributed by atoms with Crippen LogP contribution in [0, 0.1) is 13.8 Å². The Hall–Kier alpha value is -1.94. The predicted octanol–water partition coefficient (Wildman–Crippen LogP) is 3.77. The largest absolute Gasteiger partial charge is 0.350 e. The van der Waals surface area contributed by atoms with Crippen LogP contribution >= 0.6 is 35.3 Å². The Bertz CT molecular complexity index is 867. The maximum Gasteiger partial charge on any atom is 0.194 e. The van der Waals surface area contributed by atoms with Gasteiger partial charge in [-0.15, -0.1) is 35.3 Å². The molecule has 0 aliphatic carbocycles. The molecule has 6 nitrogen and oxygen atoms in total. The first-order valence-corrected chi connectivity index (χ1v) is 9.32. The molecular formula is C19H25IN6S. The zero-order chi connectivity index (χ0) is 18.5. The summed E-state index contributed by atoms with van der Waals surface area (Å²) in [4.78, 5) is 12.3. The molecule has 0 atom stereocenters. The van der Waals surface area contributed by atoms with Crippen molar-refractivity contribution in [3.05, 3.63) is 63.9 Å². The van der Waals surface area contributed by atoms with E-state index in [0.717, 1.165) is 34.5 Å². The van der Waals surface area contributed by atoms with Crippen LogP contribution in [0.4, 0.5) is 0 Å². The summed E-state index contributed by atoms with van der Waals surface area (Å²) in [7, 11) is 3.82. The fourth-order valence-corrected chi connectivity index (χ4v) is 3.54. The first-order valence-electron chi connectivity index (χ1n) is 8.50. The quantitative estimate of drug-likeness (QED) is 0.332. The standard InChI is InChI=1S/C19H24N6S.HI/c1-14-15(2)26-18(23-14)11-21-19(20-3)24(4)12-16-10-22-25(13-16)17-8-6-5-7-9-17;/h5-10,13H,11-12H2,1-4H3,(H,20,21);1H. The number of nitrogens with zero attached hydrogens (tertiary/aromatic N) is 5. The molecular weight excluding hydrogens is 471 g/mol. The first kappa shape index (κ1) is 21.4. The number of nitrogens with one attached hydrogen (secondary N) is 1. The molecule has 3 rings (SSSR count). The molecule has 0 radical (unpaired) electrons. The predicted molar refractivity (Wildman–Crippen MR) is 122 cm³/mol. The van der Waals surface area contributed by atoms with Gasteiger partial charge in [0.1, 0.15) is 5.01 Å². The lowest BCUT2D eigenvalue weighted by atomic mass is 10.3. The van der Waals surface area contributed by atoms with E-state index in [1.165, 1.54) is 4.88 Å². The van der Waals surface area contributed by atoms with Crippen molar-refractivity contribution in [1.82, 2.24) is 25.0 Å². The molecule has 0 aliphatic rings. The Morgan fingerprint density at radius 1 is 1.26 bits per heavy atom. The highest BCUT2D eigenvalue weighted by atomic mass is 127. The third-order valence-electron chi connectivity index (χ3n) is 4.12. The van der Waals surface area contributed by atoms with E-state index in [1.54, 1.807) is 18.4 Å². The second-order valence-corrected chi connectivity index (χ2v) is 7.42. The number of aryl methyl sites for hydroxylation is 2. The van der Waals surface area contributed by atoms with Crippen LogP contribution in [-0.4, -0.2) is 39.7 Å². The van der Waals surface area contributed by atoms with Crippen LogP contribution in [-0.2, 0) is 13.1 Å². The molecule has 0 saturated carbocycles. The SMILES string of the molecule is CN=C(NCc1nc(C)c(C)s1)N(C)Cc1cnn(-c2ccccc2)c1.I. The fraction of sp³-hybridized carbons (Fsp3) is 0.316. The lowest BCUT2D eigenvalue weighted by Gasteiger charge is -2.21. The van der Waals surface area contributed by atoms with E-state index in [0.29, 0.717) is 6.54 Å². The number of rotatable bonds is 5. The Labute approximate surface area is 181 Å². The van der Waals surface area contributed by atoms with E-state index in [4.69, 9.17) is 0 Å². The number of hydrogen-bond acceptors (Lipinski definition) is 4. The van der Waals surface area contributed by atoms with Gasteiger partial charge >= 0.3 is 0 Å². The van der Waals surface area contributed by atoms with Crippen LogP contribution in [0.3, 0.4) is 0 Å². The Balaban J connectivity index is 0.00000261. The van der Waals surface area contributed by atoms with Crippen molar-refractivity contribution >= 4 is 41.3 Å². The molecule has 27 heavy (non-hydrogen) atoms. The maximum atomic E-state index is 4.57. The molecule has 0 aliphatic heterocycles. The molecule has 1 aromatic carbocycles. The summed E-state index contributed by atoms with van der Waals surface area (Å²) in [5, 5.41) is 8.91. The first-order chi connectivity index (χ1) is 12.6. The number of hydrogen-bond donors (Lipinski definition) is 1. The minimum Gasteiger partial charge on any atom is -0.350 e. The number of aliphatic imine (C=N–C) groups is 1. The lowest BCUT2D eigenvalue weighted by Crippen LogP contribution is -2.37. The maximum absolute atomic E-state index is 4.57. The van der Waals surface area contributed by atoms with Crippen molar-refractivity contribution in [2.45, 2.75) is 26.9 Å². The van der Waals surface area contributed by atoms with Crippen LogP contribution < -0.4 is 5.32 Å². The van der Waals surface area contributed by atoms with Crippen molar-refractivity contribution in [2.24, 2.45) is 4.99 Å². The van der Waals surface area contributed by atoms with Gasteiger partial charge in [0, 0.05) is 37.3 Å². The van der Waals surface area contributed by atoms with E-state index in [-0.39, 0.29) is 24.0 Å². The molecule has 1 N–H and O–H groups in total. The van der Waals surface area contributed by atoms with E-state index >= 15 is 0 Å². The molecule has 0 fully saturated rings. The van der Waals surface area contributed by atoms with Crippen molar-refractivity contribution in [3.8, 4) is 5.69 Å². The molecule has 8 heteroatoms. The molecule has 144 valence electrons. The molecule has 0 amide bonds. The van der Waals surface area contributed by atoms with Gasteiger partial charge in [-0.1, -0.05) is 18.2 Å². The average molecular weight is 496 g/mol. The van der Waals surface area contributed by atoms with Gasteiger partial charge in [-0.2, -0.15) is 5.10 Å². The van der Waals surface area contributed by atoms with Gasteiger partial charge in [-0.25, -0.2) is 9.67 Å². The summed E-state index contributed by atoms with van der Waals surface area (Å²) < 4.78 is 1.89. The Morgan fingerprint density at radius 2 is 2.00 bits per heavy atom. The molecule has 0 saturated heterocycles. The smallest absolute Gasteiger partial charge is 0.194 e. The van der Waals surface area contributed by atoms with Gasteiger partial charge in [0.15, 0.2) is 5.96 Å². The monoisotopic (exact) mass is 496 g/mol. The normalized spacial score (nSPS) is 11.2. The zero-order valence-corrected chi connectivity index (χ0v) is 19.2. The number of guanidine groups is 1. The highest BCUT2D eigenvalue weighted by Gasteiger charge is 2.10. The van der Waals surface area contributed by atoms with E-state index in [1.807, 2.05) is 61.4 Å². The number of halogens is 1. The van der Waals surface area contributed by atoms with Gasteiger partial charge < -0.3 is 10.2 Å². The summed E-state index contributed by atoms with van der Waals surface area (Å²) in [6.45, 7) is 5.55. The molecule has 2 heterocycles. The number of para-hydroxylation sites is 1. The summed E-state index contributed by atoms with van der Waals surface area (Å²) in [5.41, 5.74) is 3.28. The van der Waals surface area contributed by atoms with Crippen molar-refractivity contribution in [1.29, 1.82) is 0 Å². The zero-order valence-electron chi connectivity index (χ0n) is 16.0.